The second kappa shape index (κ2) is 3.42. The molecule has 0 amide bonds. The highest BCUT2D eigenvalue weighted by Gasteiger charge is 2.20. The summed E-state index contributed by atoms with van der Waals surface area (Å²) in [5, 5.41) is 3.45. The molecular formula is C10H15N3. The molecule has 1 aromatic rings. The molecule has 0 aromatic carbocycles. The van der Waals surface area contributed by atoms with E-state index in [1.54, 1.807) is 0 Å². The lowest BCUT2D eigenvalue weighted by Crippen LogP contribution is -2.16. The van der Waals surface area contributed by atoms with Crippen molar-refractivity contribution in [1.29, 1.82) is 0 Å². The molecule has 0 radical (unpaired) electrons. The summed E-state index contributed by atoms with van der Waals surface area (Å²) in [5.41, 5.74) is 2.32. The largest absolute Gasteiger partial charge is 0.310 e. The molecule has 0 unspecified atom stereocenters. The highest BCUT2D eigenvalue weighted by Crippen LogP contribution is 2.19. The van der Waals surface area contributed by atoms with E-state index in [1.807, 2.05) is 20.0 Å². The van der Waals surface area contributed by atoms with E-state index in [-0.39, 0.29) is 0 Å². The normalized spacial score (nSPS) is 16.2. The zero-order valence-electron chi connectivity index (χ0n) is 8.17. The molecule has 1 aliphatic carbocycles. The van der Waals surface area contributed by atoms with Crippen molar-refractivity contribution in [3.8, 4) is 0 Å². The highest BCUT2D eigenvalue weighted by atomic mass is 15.0. The Labute approximate surface area is 78.6 Å². The van der Waals surface area contributed by atoms with Gasteiger partial charge in [0, 0.05) is 30.0 Å². The van der Waals surface area contributed by atoms with Gasteiger partial charge < -0.3 is 5.32 Å². The Morgan fingerprint density at radius 1 is 1.46 bits per heavy atom. The second-order valence-corrected chi connectivity index (χ2v) is 3.68. The number of nitrogens with one attached hydrogen (secondary N) is 1. The van der Waals surface area contributed by atoms with Crippen LogP contribution < -0.4 is 5.32 Å². The fourth-order valence-corrected chi connectivity index (χ4v) is 1.32. The molecular weight excluding hydrogens is 162 g/mol. The molecule has 1 aliphatic rings. The van der Waals surface area contributed by atoms with E-state index in [4.69, 9.17) is 0 Å². The first kappa shape index (κ1) is 8.63. The fourth-order valence-electron chi connectivity index (χ4n) is 1.32. The smallest absolute Gasteiger partial charge is 0.125 e. The Kier molecular flexibility index (Phi) is 2.27. The number of rotatable bonds is 3. The van der Waals surface area contributed by atoms with E-state index in [2.05, 4.69) is 15.3 Å². The number of hydrogen-bond donors (Lipinski definition) is 1. The second-order valence-electron chi connectivity index (χ2n) is 3.68. The SMILES string of the molecule is Cc1ncc(CNC2CC2)c(C)n1. The van der Waals surface area contributed by atoms with Gasteiger partial charge in [0.1, 0.15) is 5.82 Å². The number of aromatic nitrogens is 2. The van der Waals surface area contributed by atoms with Crippen LogP contribution in [0.5, 0.6) is 0 Å². The molecule has 3 nitrogen and oxygen atoms in total. The van der Waals surface area contributed by atoms with Gasteiger partial charge in [-0.15, -0.1) is 0 Å². The maximum Gasteiger partial charge on any atom is 0.125 e. The van der Waals surface area contributed by atoms with Crippen LogP contribution in [0.25, 0.3) is 0 Å². The summed E-state index contributed by atoms with van der Waals surface area (Å²) in [6.45, 7) is 4.88. The Morgan fingerprint density at radius 2 is 2.23 bits per heavy atom. The van der Waals surface area contributed by atoms with Crippen molar-refractivity contribution in [1.82, 2.24) is 15.3 Å². The van der Waals surface area contributed by atoms with E-state index >= 15 is 0 Å². The maximum absolute atomic E-state index is 4.32. The van der Waals surface area contributed by atoms with Crippen LogP contribution in [-0.2, 0) is 6.54 Å². The minimum Gasteiger partial charge on any atom is -0.310 e. The number of hydrogen-bond acceptors (Lipinski definition) is 3. The third-order valence-electron chi connectivity index (χ3n) is 2.36. The van der Waals surface area contributed by atoms with Crippen LogP contribution in [0.1, 0.15) is 29.9 Å². The topological polar surface area (TPSA) is 37.8 Å². The minimum atomic E-state index is 0.751. The van der Waals surface area contributed by atoms with E-state index < -0.39 is 0 Å². The molecule has 0 saturated heterocycles. The van der Waals surface area contributed by atoms with Gasteiger partial charge in [0.15, 0.2) is 0 Å². The lowest BCUT2D eigenvalue weighted by molar-refractivity contribution is 0.678. The predicted octanol–water partition coefficient (Wildman–Crippen LogP) is 1.35. The number of nitrogens with zero attached hydrogens (tertiary/aromatic N) is 2. The van der Waals surface area contributed by atoms with Crippen LogP contribution in [0, 0.1) is 13.8 Å². The van der Waals surface area contributed by atoms with Crippen LogP contribution in [-0.4, -0.2) is 16.0 Å². The highest BCUT2D eigenvalue weighted by molar-refractivity contribution is 5.15. The van der Waals surface area contributed by atoms with E-state index in [1.165, 1.54) is 18.4 Å². The molecule has 0 aliphatic heterocycles. The summed E-state index contributed by atoms with van der Waals surface area (Å²) < 4.78 is 0. The molecule has 0 bridgehead atoms. The summed E-state index contributed by atoms with van der Waals surface area (Å²) >= 11 is 0. The van der Waals surface area contributed by atoms with E-state index in [0.717, 1.165) is 24.1 Å². The minimum absolute atomic E-state index is 0.751. The van der Waals surface area contributed by atoms with Crippen LogP contribution in [0.2, 0.25) is 0 Å². The van der Waals surface area contributed by atoms with Crippen molar-refractivity contribution in [2.45, 2.75) is 39.3 Å². The van der Waals surface area contributed by atoms with Crippen LogP contribution >= 0.6 is 0 Å². The summed E-state index contributed by atoms with van der Waals surface area (Å²) in [4.78, 5) is 8.51. The van der Waals surface area contributed by atoms with Gasteiger partial charge in [-0.25, -0.2) is 9.97 Å². The average Bonchev–Trinajstić information content (AvgIpc) is 2.86. The van der Waals surface area contributed by atoms with Gasteiger partial charge in [0.05, 0.1) is 0 Å². The van der Waals surface area contributed by atoms with E-state index in [0.29, 0.717) is 0 Å². The molecule has 2 rings (SSSR count). The molecule has 70 valence electrons. The molecule has 1 N–H and O–H groups in total. The van der Waals surface area contributed by atoms with Crippen molar-refractivity contribution in [2.75, 3.05) is 0 Å². The van der Waals surface area contributed by atoms with Gasteiger partial charge in [0.2, 0.25) is 0 Å². The molecule has 13 heavy (non-hydrogen) atoms. The first-order valence-electron chi connectivity index (χ1n) is 4.78. The lowest BCUT2D eigenvalue weighted by Gasteiger charge is -2.05. The van der Waals surface area contributed by atoms with Gasteiger partial charge in [-0.05, 0) is 26.7 Å². The Balaban J connectivity index is 2.01. The standard InChI is InChI=1S/C10H15N3/c1-7-9(5-11-8(2)13-7)6-12-10-3-4-10/h5,10,12H,3-4,6H2,1-2H3. The monoisotopic (exact) mass is 177 g/mol. The molecule has 1 fully saturated rings. The van der Waals surface area contributed by atoms with E-state index in [9.17, 15) is 0 Å². The molecule has 0 atom stereocenters. The molecule has 3 heteroatoms. The van der Waals surface area contributed by atoms with Crippen molar-refractivity contribution in [3.63, 3.8) is 0 Å². The molecule has 1 saturated carbocycles. The summed E-state index contributed by atoms with van der Waals surface area (Å²) in [7, 11) is 0. The zero-order chi connectivity index (χ0) is 9.26. The summed E-state index contributed by atoms with van der Waals surface area (Å²) in [5.74, 6) is 0.854. The first-order chi connectivity index (χ1) is 6.25. The molecule has 0 spiro atoms. The van der Waals surface area contributed by atoms with Crippen LogP contribution in [0.15, 0.2) is 6.20 Å². The van der Waals surface area contributed by atoms with Gasteiger partial charge in [-0.3, -0.25) is 0 Å². The van der Waals surface area contributed by atoms with Crippen LogP contribution in [0.4, 0.5) is 0 Å². The van der Waals surface area contributed by atoms with Crippen molar-refractivity contribution in [2.24, 2.45) is 0 Å². The predicted molar refractivity (Wildman–Crippen MR) is 51.4 cm³/mol. The van der Waals surface area contributed by atoms with Crippen LogP contribution in [0.3, 0.4) is 0 Å². The average molecular weight is 177 g/mol. The molecule has 1 aromatic heterocycles. The van der Waals surface area contributed by atoms with Crippen molar-refractivity contribution < 1.29 is 0 Å². The summed E-state index contributed by atoms with van der Waals surface area (Å²) in [6.07, 6.45) is 4.57. The van der Waals surface area contributed by atoms with Crippen molar-refractivity contribution >= 4 is 0 Å². The lowest BCUT2D eigenvalue weighted by atomic mass is 10.2. The Bertz CT molecular complexity index is 305. The van der Waals surface area contributed by atoms with Gasteiger partial charge in [-0.2, -0.15) is 0 Å². The quantitative estimate of drug-likeness (QED) is 0.757. The third-order valence-corrected chi connectivity index (χ3v) is 2.36. The Morgan fingerprint density at radius 3 is 2.85 bits per heavy atom. The summed E-state index contributed by atoms with van der Waals surface area (Å²) in [6, 6.07) is 0.751. The van der Waals surface area contributed by atoms with Gasteiger partial charge in [-0.1, -0.05) is 0 Å². The maximum atomic E-state index is 4.32. The molecule has 1 heterocycles. The third kappa shape index (κ3) is 2.25. The first-order valence-corrected chi connectivity index (χ1v) is 4.78. The Hall–Kier alpha value is -0.960. The van der Waals surface area contributed by atoms with Gasteiger partial charge >= 0.3 is 0 Å². The fraction of sp³-hybridized carbons (Fsp3) is 0.600. The van der Waals surface area contributed by atoms with Gasteiger partial charge in [0.25, 0.3) is 0 Å². The van der Waals surface area contributed by atoms with Crippen molar-refractivity contribution in [3.05, 3.63) is 23.3 Å². The zero-order valence-corrected chi connectivity index (χ0v) is 8.17. The number of aryl methyl sites for hydroxylation is 2.